The summed E-state index contributed by atoms with van der Waals surface area (Å²) >= 11 is 1.67. The van der Waals surface area contributed by atoms with Gasteiger partial charge in [-0.05, 0) is 30.9 Å². The molecule has 1 aromatic heterocycles. The number of carbonyl (C=O) groups is 2. The number of esters is 1. The van der Waals surface area contributed by atoms with Crippen molar-refractivity contribution in [3.8, 4) is 11.5 Å². The summed E-state index contributed by atoms with van der Waals surface area (Å²) < 4.78 is 16.0. The summed E-state index contributed by atoms with van der Waals surface area (Å²) in [5, 5.41) is 5.37. The second-order valence-electron chi connectivity index (χ2n) is 7.63. The second kappa shape index (κ2) is 8.59. The summed E-state index contributed by atoms with van der Waals surface area (Å²) in [4.78, 5) is 27.5. The van der Waals surface area contributed by atoms with Gasteiger partial charge in [-0.25, -0.2) is 4.79 Å². The Balaban J connectivity index is 1.87. The molecule has 2 heterocycles. The monoisotopic (exact) mass is 439 g/mol. The fourth-order valence-corrected chi connectivity index (χ4v) is 5.34. The van der Waals surface area contributed by atoms with Crippen molar-refractivity contribution >= 4 is 23.1 Å². The van der Waals surface area contributed by atoms with Crippen molar-refractivity contribution in [2.24, 2.45) is 0 Å². The molecular formula is C24H25NO5S. The Morgan fingerprint density at radius 1 is 1.13 bits per heavy atom. The first-order valence-electron chi connectivity index (χ1n) is 10.1. The van der Waals surface area contributed by atoms with Crippen LogP contribution in [-0.2, 0) is 14.3 Å². The van der Waals surface area contributed by atoms with E-state index in [0.717, 1.165) is 11.3 Å². The van der Waals surface area contributed by atoms with Crippen LogP contribution in [0.25, 0.3) is 0 Å². The van der Waals surface area contributed by atoms with Crippen LogP contribution in [0.3, 0.4) is 0 Å². The molecule has 0 radical (unpaired) electrons. The summed E-state index contributed by atoms with van der Waals surface area (Å²) in [5.74, 6) is 0.319. The maximum Gasteiger partial charge on any atom is 0.336 e. The number of Topliss-reactive ketones (excluding diaryl/α,β-unsaturated/α-hetero) is 1. The number of thiophene rings is 1. The van der Waals surface area contributed by atoms with Crippen molar-refractivity contribution in [3.05, 3.63) is 68.7 Å². The van der Waals surface area contributed by atoms with Crippen molar-refractivity contribution in [3.63, 3.8) is 0 Å². The molecule has 0 saturated heterocycles. The average molecular weight is 440 g/mol. The topological polar surface area (TPSA) is 73.9 Å². The number of rotatable bonds is 5. The molecule has 1 N–H and O–H groups in total. The van der Waals surface area contributed by atoms with Crippen molar-refractivity contribution in [2.75, 3.05) is 21.3 Å². The normalized spacial score (nSPS) is 20.8. The largest absolute Gasteiger partial charge is 0.497 e. The Hall–Kier alpha value is -3.06. The van der Waals surface area contributed by atoms with Gasteiger partial charge in [0.25, 0.3) is 0 Å². The molecule has 2 atom stereocenters. The first kappa shape index (κ1) is 21.2. The highest BCUT2D eigenvalue weighted by Gasteiger charge is 2.42. The Morgan fingerprint density at radius 2 is 1.94 bits per heavy atom. The third-order valence-electron chi connectivity index (χ3n) is 5.93. The van der Waals surface area contributed by atoms with Crippen molar-refractivity contribution in [1.82, 2.24) is 5.32 Å². The lowest BCUT2D eigenvalue weighted by atomic mass is 9.72. The summed E-state index contributed by atoms with van der Waals surface area (Å²) in [6.45, 7) is 1.85. The van der Waals surface area contributed by atoms with E-state index in [-0.39, 0.29) is 11.7 Å². The molecule has 2 unspecified atom stereocenters. The van der Waals surface area contributed by atoms with E-state index < -0.39 is 11.9 Å². The van der Waals surface area contributed by atoms with Gasteiger partial charge in [0.05, 0.1) is 32.8 Å². The third-order valence-corrected chi connectivity index (χ3v) is 6.96. The highest BCUT2D eigenvalue weighted by molar-refractivity contribution is 7.10. The minimum absolute atomic E-state index is 0.0314. The van der Waals surface area contributed by atoms with Crippen LogP contribution < -0.4 is 14.8 Å². The zero-order valence-corrected chi connectivity index (χ0v) is 18.8. The lowest BCUT2D eigenvalue weighted by molar-refractivity contribution is -0.136. The lowest BCUT2D eigenvalue weighted by Gasteiger charge is -2.36. The van der Waals surface area contributed by atoms with Gasteiger partial charge in [-0.2, -0.15) is 0 Å². The van der Waals surface area contributed by atoms with Crippen molar-refractivity contribution < 1.29 is 23.8 Å². The standard InChI is InChI=1S/C24H25NO5S/c1-13-21(24(27)30-4)22(16-8-7-15(28-2)12-19(16)29-3)23-17(25-13)10-14(11-18(23)26)20-6-5-9-31-20/h5-9,12,14,22,25H,10-11H2,1-4H3. The van der Waals surface area contributed by atoms with Gasteiger partial charge in [0.1, 0.15) is 11.5 Å². The van der Waals surface area contributed by atoms with Crippen LogP contribution in [0.2, 0.25) is 0 Å². The number of carbonyl (C=O) groups excluding carboxylic acids is 2. The van der Waals surface area contributed by atoms with Gasteiger partial charge in [0.2, 0.25) is 0 Å². The van der Waals surface area contributed by atoms with Gasteiger partial charge in [0.15, 0.2) is 5.78 Å². The molecule has 1 aliphatic carbocycles. The SMILES string of the molecule is COC(=O)C1=C(C)NC2=C(C(=O)CC(c3cccs3)C2)C1c1ccc(OC)cc1OC. The molecule has 4 rings (SSSR count). The number of allylic oxidation sites excluding steroid dienone is 3. The van der Waals surface area contributed by atoms with E-state index in [0.29, 0.717) is 41.2 Å². The van der Waals surface area contributed by atoms with Crippen LogP contribution >= 0.6 is 11.3 Å². The van der Waals surface area contributed by atoms with E-state index >= 15 is 0 Å². The molecule has 1 aromatic carbocycles. The number of hydrogen-bond acceptors (Lipinski definition) is 7. The molecular weight excluding hydrogens is 414 g/mol. The van der Waals surface area contributed by atoms with Crippen molar-refractivity contribution in [2.45, 2.75) is 31.6 Å². The Morgan fingerprint density at radius 3 is 2.58 bits per heavy atom. The molecule has 0 bridgehead atoms. The summed E-state index contributed by atoms with van der Waals surface area (Å²) in [5.41, 5.74) is 3.32. The van der Waals surface area contributed by atoms with Crippen LogP contribution in [0, 0.1) is 0 Å². The lowest BCUT2D eigenvalue weighted by Crippen LogP contribution is -2.36. The number of benzene rings is 1. The first-order valence-corrected chi connectivity index (χ1v) is 10.9. The minimum Gasteiger partial charge on any atom is -0.497 e. The van der Waals surface area contributed by atoms with E-state index in [1.165, 1.54) is 12.0 Å². The maximum atomic E-state index is 13.5. The number of dihydropyridines is 1. The van der Waals surface area contributed by atoms with E-state index in [9.17, 15) is 9.59 Å². The van der Waals surface area contributed by atoms with E-state index in [1.54, 1.807) is 31.6 Å². The quantitative estimate of drug-likeness (QED) is 0.701. The fraction of sp³-hybridized carbons (Fsp3) is 0.333. The maximum absolute atomic E-state index is 13.5. The smallest absolute Gasteiger partial charge is 0.336 e. The van der Waals surface area contributed by atoms with Crippen LogP contribution in [0.15, 0.2) is 58.3 Å². The molecule has 0 saturated carbocycles. The summed E-state index contributed by atoms with van der Waals surface area (Å²) in [7, 11) is 4.50. The van der Waals surface area contributed by atoms with Crippen LogP contribution in [0.5, 0.6) is 11.5 Å². The van der Waals surface area contributed by atoms with Crippen LogP contribution in [0.4, 0.5) is 0 Å². The van der Waals surface area contributed by atoms with Gasteiger partial charge >= 0.3 is 5.97 Å². The fourth-order valence-electron chi connectivity index (χ4n) is 4.51. The van der Waals surface area contributed by atoms with Gasteiger partial charge in [-0.15, -0.1) is 11.3 Å². The zero-order valence-electron chi connectivity index (χ0n) is 18.0. The number of methoxy groups -OCH3 is 3. The molecule has 0 fully saturated rings. The Labute approximate surface area is 185 Å². The molecule has 0 spiro atoms. The third kappa shape index (κ3) is 3.74. The van der Waals surface area contributed by atoms with Crippen molar-refractivity contribution in [1.29, 1.82) is 0 Å². The number of ether oxygens (including phenoxy) is 3. The second-order valence-corrected chi connectivity index (χ2v) is 8.61. The zero-order chi connectivity index (χ0) is 22.1. The van der Waals surface area contributed by atoms with Crippen LogP contribution in [-0.4, -0.2) is 33.1 Å². The van der Waals surface area contributed by atoms with E-state index in [2.05, 4.69) is 11.4 Å². The van der Waals surface area contributed by atoms with E-state index in [1.807, 2.05) is 30.5 Å². The summed E-state index contributed by atoms with van der Waals surface area (Å²) in [6, 6.07) is 9.51. The summed E-state index contributed by atoms with van der Waals surface area (Å²) in [6.07, 6.45) is 1.12. The molecule has 31 heavy (non-hydrogen) atoms. The van der Waals surface area contributed by atoms with Gasteiger partial charge in [0, 0.05) is 45.8 Å². The number of ketones is 1. The predicted octanol–water partition coefficient (Wildman–Crippen LogP) is 4.30. The first-order chi connectivity index (χ1) is 15.0. The molecule has 1 aliphatic heterocycles. The molecule has 6 nitrogen and oxygen atoms in total. The minimum atomic E-state index is -0.568. The van der Waals surface area contributed by atoms with Gasteiger partial charge in [-0.3, -0.25) is 4.79 Å². The number of hydrogen-bond donors (Lipinski definition) is 1. The molecule has 0 amide bonds. The highest BCUT2D eigenvalue weighted by atomic mass is 32.1. The number of nitrogens with one attached hydrogen (secondary N) is 1. The Kier molecular flexibility index (Phi) is 5.87. The van der Waals surface area contributed by atoms with Gasteiger partial charge < -0.3 is 19.5 Å². The van der Waals surface area contributed by atoms with E-state index in [4.69, 9.17) is 14.2 Å². The molecule has 2 aromatic rings. The molecule has 162 valence electrons. The molecule has 7 heteroatoms. The highest BCUT2D eigenvalue weighted by Crippen LogP contribution is 2.48. The van der Waals surface area contributed by atoms with Crippen LogP contribution in [0.1, 0.15) is 42.0 Å². The molecule has 2 aliphatic rings. The average Bonchev–Trinajstić information content (AvgIpc) is 3.32. The van der Waals surface area contributed by atoms with Gasteiger partial charge in [-0.1, -0.05) is 12.1 Å². The predicted molar refractivity (Wildman–Crippen MR) is 118 cm³/mol. The Bertz CT molecular complexity index is 1080.